The highest BCUT2D eigenvalue weighted by molar-refractivity contribution is 7.89. The first kappa shape index (κ1) is 17.5. The van der Waals surface area contributed by atoms with Crippen molar-refractivity contribution in [1.82, 2.24) is 4.31 Å². The quantitative estimate of drug-likeness (QED) is 0.724. The van der Waals surface area contributed by atoms with Crippen molar-refractivity contribution in [3.05, 3.63) is 23.8 Å². The molecule has 0 saturated heterocycles. The van der Waals surface area contributed by atoms with Crippen molar-refractivity contribution in [3.63, 3.8) is 0 Å². The third kappa shape index (κ3) is 4.19. The zero-order valence-corrected chi connectivity index (χ0v) is 12.9. The van der Waals surface area contributed by atoms with Crippen molar-refractivity contribution in [2.75, 3.05) is 33.4 Å². The fourth-order valence-electron chi connectivity index (χ4n) is 1.79. The predicted molar refractivity (Wildman–Crippen MR) is 78.5 cm³/mol. The number of rotatable bonds is 6. The molecule has 0 aromatic heterocycles. The molecule has 0 bridgehead atoms. The summed E-state index contributed by atoms with van der Waals surface area (Å²) >= 11 is 0. The van der Waals surface area contributed by atoms with Gasteiger partial charge in [0.2, 0.25) is 10.0 Å². The molecule has 1 rings (SSSR count). The van der Waals surface area contributed by atoms with Crippen LogP contribution in [0.1, 0.15) is 12.5 Å². The van der Waals surface area contributed by atoms with Gasteiger partial charge in [0, 0.05) is 13.1 Å². The lowest BCUT2D eigenvalue weighted by Gasteiger charge is -2.19. The summed E-state index contributed by atoms with van der Waals surface area (Å²) in [7, 11) is -2.24. The molecule has 2 N–H and O–H groups in total. The fourth-order valence-corrected chi connectivity index (χ4v) is 3.26. The molecule has 0 radical (unpaired) electrons. The maximum absolute atomic E-state index is 12.5. The first-order valence-corrected chi connectivity index (χ1v) is 7.84. The minimum Gasteiger partial charge on any atom is -0.495 e. The molecule has 21 heavy (non-hydrogen) atoms. The Morgan fingerprint density at radius 2 is 2.05 bits per heavy atom. The van der Waals surface area contributed by atoms with Crippen molar-refractivity contribution in [3.8, 4) is 17.6 Å². The average Bonchev–Trinajstić information content (AvgIpc) is 2.49. The van der Waals surface area contributed by atoms with E-state index in [1.165, 1.54) is 29.6 Å². The lowest BCUT2D eigenvalue weighted by atomic mass is 10.2. The molecule has 0 amide bonds. The van der Waals surface area contributed by atoms with Gasteiger partial charge in [-0.2, -0.15) is 4.31 Å². The normalized spacial score (nSPS) is 11.1. The largest absolute Gasteiger partial charge is 0.495 e. The maximum Gasteiger partial charge on any atom is 0.243 e. The number of hydrogen-bond acceptors (Lipinski definition) is 5. The van der Waals surface area contributed by atoms with Gasteiger partial charge >= 0.3 is 0 Å². The van der Waals surface area contributed by atoms with Crippen molar-refractivity contribution in [2.24, 2.45) is 0 Å². The van der Waals surface area contributed by atoms with Crippen LogP contribution in [0.3, 0.4) is 0 Å². The van der Waals surface area contributed by atoms with E-state index in [1.54, 1.807) is 6.92 Å². The van der Waals surface area contributed by atoms with Gasteiger partial charge in [-0.25, -0.2) is 8.42 Å². The summed E-state index contributed by atoms with van der Waals surface area (Å²) < 4.78 is 31.2. The first-order valence-electron chi connectivity index (χ1n) is 6.40. The van der Waals surface area contributed by atoms with E-state index < -0.39 is 10.0 Å². The summed E-state index contributed by atoms with van der Waals surface area (Å²) in [4.78, 5) is 0.0702. The van der Waals surface area contributed by atoms with Crippen LogP contribution in [0.25, 0.3) is 0 Å². The summed E-state index contributed by atoms with van der Waals surface area (Å²) in [6.45, 7) is 1.41. The zero-order chi connectivity index (χ0) is 15.9. The number of methoxy groups -OCH3 is 1. The maximum atomic E-state index is 12.5. The Hall–Kier alpha value is -1.59. The molecule has 0 saturated carbocycles. The van der Waals surface area contributed by atoms with Gasteiger partial charge in [0.05, 0.1) is 24.2 Å². The van der Waals surface area contributed by atoms with Crippen LogP contribution in [0.15, 0.2) is 23.1 Å². The molecule has 0 aliphatic carbocycles. The SMILES string of the molecule is CCN(CCO)S(=O)(=O)c1ccc(OC)c(C#CCO)c1. The first-order chi connectivity index (χ1) is 10.0. The van der Waals surface area contributed by atoms with Gasteiger partial charge in [-0.3, -0.25) is 0 Å². The van der Waals surface area contributed by atoms with E-state index in [-0.39, 0.29) is 31.2 Å². The van der Waals surface area contributed by atoms with Crippen molar-refractivity contribution in [2.45, 2.75) is 11.8 Å². The summed E-state index contributed by atoms with van der Waals surface area (Å²) in [6.07, 6.45) is 0. The van der Waals surface area contributed by atoms with Crippen LogP contribution < -0.4 is 4.74 Å². The minimum absolute atomic E-state index is 0.0303. The lowest BCUT2D eigenvalue weighted by molar-refractivity contribution is 0.257. The molecule has 7 heteroatoms. The molecule has 0 atom stereocenters. The second-order valence-electron chi connectivity index (χ2n) is 4.04. The molecule has 1 aromatic carbocycles. The molecule has 116 valence electrons. The van der Waals surface area contributed by atoms with E-state index in [0.717, 1.165) is 0 Å². The molecule has 0 spiro atoms. The third-order valence-corrected chi connectivity index (χ3v) is 4.78. The fraction of sp³-hybridized carbons (Fsp3) is 0.429. The van der Waals surface area contributed by atoms with E-state index in [2.05, 4.69) is 11.8 Å². The summed E-state index contributed by atoms with van der Waals surface area (Å²) in [6, 6.07) is 4.34. The van der Waals surface area contributed by atoms with Gasteiger partial charge in [-0.1, -0.05) is 18.8 Å². The molecular weight excluding hydrogens is 294 g/mol. The molecule has 0 unspecified atom stereocenters. The highest BCUT2D eigenvalue weighted by Crippen LogP contribution is 2.23. The van der Waals surface area contributed by atoms with Crippen LogP contribution in [0.2, 0.25) is 0 Å². The van der Waals surface area contributed by atoms with E-state index in [4.69, 9.17) is 14.9 Å². The highest BCUT2D eigenvalue weighted by Gasteiger charge is 2.23. The second-order valence-corrected chi connectivity index (χ2v) is 5.98. The number of hydrogen-bond donors (Lipinski definition) is 2. The van der Waals surface area contributed by atoms with Gasteiger partial charge in [0.15, 0.2) is 0 Å². The Morgan fingerprint density at radius 1 is 1.33 bits per heavy atom. The Labute approximate surface area is 125 Å². The minimum atomic E-state index is -3.70. The number of sulfonamides is 1. The molecule has 0 aliphatic heterocycles. The van der Waals surface area contributed by atoms with Crippen LogP contribution in [-0.4, -0.2) is 56.3 Å². The van der Waals surface area contributed by atoms with Crippen LogP contribution >= 0.6 is 0 Å². The molecule has 1 aromatic rings. The van der Waals surface area contributed by atoms with Crippen LogP contribution in [0.4, 0.5) is 0 Å². The Morgan fingerprint density at radius 3 is 2.57 bits per heavy atom. The Kier molecular flexibility index (Phi) is 6.65. The van der Waals surface area contributed by atoms with Gasteiger partial charge < -0.3 is 14.9 Å². The molecular formula is C14H19NO5S. The highest BCUT2D eigenvalue weighted by atomic mass is 32.2. The number of aliphatic hydroxyl groups excluding tert-OH is 2. The summed E-state index contributed by atoms with van der Waals surface area (Å²) in [5.41, 5.74) is 0.382. The summed E-state index contributed by atoms with van der Waals surface area (Å²) in [5.74, 6) is 5.55. The van der Waals surface area contributed by atoms with Crippen LogP contribution in [0.5, 0.6) is 5.75 Å². The van der Waals surface area contributed by atoms with E-state index in [0.29, 0.717) is 11.3 Å². The number of aliphatic hydroxyl groups is 2. The number of likely N-dealkylation sites (N-methyl/N-ethyl adjacent to an activating group) is 1. The standard InChI is InChI=1S/C14H19NO5S/c1-3-15(8-10-17)21(18,19)13-6-7-14(20-2)12(11-13)5-4-9-16/h6-7,11,16-17H,3,8-10H2,1-2H3. The molecule has 0 fully saturated rings. The second kappa shape index (κ2) is 8.00. The van der Waals surface area contributed by atoms with E-state index in [9.17, 15) is 8.42 Å². The van der Waals surface area contributed by atoms with Crippen molar-refractivity contribution >= 4 is 10.0 Å². The van der Waals surface area contributed by atoms with Gasteiger partial charge in [-0.15, -0.1) is 0 Å². The number of nitrogens with zero attached hydrogens (tertiary/aromatic N) is 1. The Bertz CT molecular complexity index is 630. The van der Waals surface area contributed by atoms with Gasteiger partial charge in [0.1, 0.15) is 12.4 Å². The summed E-state index contributed by atoms with van der Waals surface area (Å²) in [5, 5.41) is 17.7. The van der Waals surface area contributed by atoms with E-state index in [1.807, 2.05) is 0 Å². The van der Waals surface area contributed by atoms with Crippen LogP contribution in [0, 0.1) is 11.8 Å². The van der Waals surface area contributed by atoms with Gasteiger partial charge in [0.25, 0.3) is 0 Å². The van der Waals surface area contributed by atoms with Gasteiger partial charge in [-0.05, 0) is 18.2 Å². The zero-order valence-electron chi connectivity index (χ0n) is 12.0. The number of benzene rings is 1. The molecule has 6 nitrogen and oxygen atoms in total. The smallest absolute Gasteiger partial charge is 0.243 e. The number of ether oxygens (including phenoxy) is 1. The van der Waals surface area contributed by atoms with Crippen LogP contribution in [-0.2, 0) is 10.0 Å². The molecule has 0 heterocycles. The van der Waals surface area contributed by atoms with Crippen molar-refractivity contribution in [1.29, 1.82) is 0 Å². The van der Waals surface area contributed by atoms with E-state index >= 15 is 0 Å². The van der Waals surface area contributed by atoms with Crippen molar-refractivity contribution < 1.29 is 23.4 Å². The Balaban J connectivity index is 3.30. The predicted octanol–water partition coefficient (Wildman–Crippen LogP) is 0.0419. The topological polar surface area (TPSA) is 87.1 Å². The average molecular weight is 313 g/mol. The molecule has 0 aliphatic rings. The lowest BCUT2D eigenvalue weighted by Crippen LogP contribution is -2.33. The monoisotopic (exact) mass is 313 g/mol. The third-order valence-electron chi connectivity index (χ3n) is 2.81.